The van der Waals surface area contributed by atoms with Gasteiger partial charge in [0.1, 0.15) is 4.34 Å². The number of rotatable bonds is 5. The summed E-state index contributed by atoms with van der Waals surface area (Å²) in [7, 11) is 0. The normalized spacial score (nSPS) is 10.9. The van der Waals surface area contributed by atoms with E-state index in [0.717, 1.165) is 29.5 Å². The van der Waals surface area contributed by atoms with Gasteiger partial charge in [0.2, 0.25) is 0 Å². The zero-order valence-electron chi connectivity index (χ0n) is 10.8. The molecular formula is C11H5Cl3N4O4S. The predicted octanol–water partition coefficient (Wildman–Crippen LogP) is 4.97. The number of hydrogen-bond acceptors (Lipinski definition) is 7. The first-order chi connectivity index (χ1) is 10.8. The maximum atomic E-state index is 10.8. The topological polar surface area (TPSA) is 111 Å². The molecule has 0 saturated carbocycles. The molecule has 1 aromatic heterocycles. The van der Waals surface area contributed by atoms with Crippen LogP contribution in [-0.4, -0.2) is 16.1 Å². The molecule has 2 rings (SSSR count). The molecular weight excluding hydrogens is 391 g/mol. The highest BCUT2D eigenvalue weighted by atomic mass is 35.5. The van der Waals surface area contributed by atoms with Gasteiger partial charge in [0.15, 0.2) is 0 Å². The van der Waals surface area contributed by atoms with Gasteiger partial charge in [-0.15, -0.1) is 11.3 Å². The SMILES string of the molecule is O=[N+]([O-])c1cc(N/N=C\c2sc(Cl)c(Cl)c2Cl)cc([N+](=O)[O-])c1. The molecule has 23 heavy (non-hydrogen) atoms. The van der Waals surface area contributed by atoms with E-state index in [0.29, 0.717) is 9.21 Å². The van der Waals surface area contributed by atoms with Gasteiger partial charge < -0.3 is 0 Å². The minimum Gasteiger partial charge on any atom is -0.278 e. The maximum Gasteiger partial charge on any atom is 0.278 e. The Morgan fingerprint density at radius 2 is 1.61 bits per heavy atom. The monoisotopic (exact) mass is 394 g/mol. The number of hydrazone groups is 1. The van der Waals surface area contributed by atoms with Gasteiger partial charge in [-0.05, 0) is 0 Å². The van der Waals surface area contributed by atoms with Crippen molar-refractivity contribution in [1.29, 1.82) is 0 Å². The Kier molecular flexibility index (Phi) is 5.37. The van der Waals surface area contributed by atoms with Crippen LogP contribution in [0.5, 0.6) is 0 Å². The summed E-state index contributed by atoms with van der Waals surface area (Å²) in [6.07, 6.45) is 1.30. The molecule has 0 atom stereocenters. The molecule has 0 aliphatic carbocycles. The van der Waals surface area contributed by atoms with Crippen LogP contribution in [0.3, 0.4) is 0 Å². The van der Waals surface area contributed by atoms with E-state index in [4.69, 9.17) is 34.8 Å². The van der Waals surface area contributed by atoms with E-state index in [-0.39, 0.29) is 15.7 Å². The average molecular weight is 396 g/mol. The molecule has 2 aromatic rings. The molecule has 0 radical (unpaired) electrons. The summed E-state index contributed by atoms with van der Waals surface area (Å²) in [5.41, 5.74) is 1.67. The second-order valence-electron chi connectivity index (χ2n) is 3.99. The van der Waals surface area contributed by atoms with Crippen molar-refractivity contribution in [3.8, 4) is 0 Å². The number of nitrogens with zero attached hydrogens (tertiary/aromatic N) is 3. The zero-order valence-corrected chi connectivity index (χ0v) is 13.9. The number of anilines is 1. The van der Waals surface area contributed by atoms with E-state index in [1.165, 1.54) is 6.21 Å². The summed E-state index contributed by atoms with van der Waals surface area (Å²) < 4.78 is 0.295. The number of thiophene rings is 1. The third-order valence-electron chi connectivity index (χ3n) is 2.48. The van der Waals surface area contributed by atoms with Gasteiger partial charge in [0, 0.05) is 12.1 Å². The van der Waals surface area contributed by atoms with E-state index in [1.54, 1.807) is 0 Å². The minimum atomic E-state index is -0.739. The fourth-order valence-electron chi connectivity index (χ4n) is 1.50. The van der Waals surface area contributed by atoms with Gasteiger partial charge in [-0.3, -0.25) is 25.7 Å². The van der Waals surface area contributed by atoms with Crippen molar-refractivity contribution in [3.05, 3.63) is 57.7 Å². The first kappa shape index (κ1) is 17.4. The van der Waals surface area contributed by atoms with Crippen LogP contribution in [0.25, 0.3) is 0 Å². The van der Waals surface area contributed by atoms with Crippen molar-refractivity contribution in [2.75, 3.05) is 5.43 Å². The average Bonchev–Trinajstić information content (AvgIpc) is 2.74. The van der Waals surface area contributed by atoms with Crippen LogP contribution < -0.4 is 5.43 Å². The molecule has 0 aliphatic heterocycles. The number of non-ortho nitro benzene ring substituents is 2. The van der Waals surface area contributed by atoms with Crippen molar-refractivity contribution >= 4 is 69.4 Å². The number of hydrogen-bond donors (Lipinski definition) is 1. The van der Waals surface area contributed by atoms with Crippen molar-refractivity contribution in [2.24, 2.45) is 5.10 Å². The fraction of sp³-hybridized carbons (Fsp3) is 0. The Balaban J connectivity index is 2.25. The van der Waals surface area contributed by atoms with Gasteiger partial charge >= 0.3 is 0 Å². The van der Waals surface area contributed by atoms with Crippen LogP contribution in [0.4, 0.5) is 17.1 Å². The lowest BCUT2D eigenvalue weighted by Crippen LogP contribution is -1.96. The molecule has 12 heteroatoms. The minimum absolute atomic E-state index is 0.0759. The van der Waals surface area contributed by atoms with E-state index >= 15 is 0 Å². The predicted molar refractivity (Wildman–Crippen MR) is 90.3 cm³/mol. The molecule has 120 valence electrons. The van der Waals surface area contributed by atoms with Crippen LogP contribution in [0.1, 0.15) is 4.88 Å². The fourth-order valence-corrected chi connectivity index (χ4v) is 3.16. The number of nitro groups is 2. The molecule has 0 spiro atoms. The van der Waals surface area contributed by atoms with Gasteiger partial charge in [-0.2, -0.15) is 5.10 Å². The highest BCUT2D eigenvalue weighted by Crippen LogP contribution is 2.39. The Bertz CT molecular complexity index is 792. The molecule has 0 amide bonds. The summed E-state index contributed by atoms with van der Waals surface area (Å²) in [4.78, 5) is 20.5. The number of nitro benzene ring substituents is 2. The number of nitrogens with one attached hydrogen (secondary N) is 1. The summed E-state index contributed by atoms with van der Waals surface area (Å²) in [5, 5.41) is 25.8. The van der Waals surface area contributed by atoms with Crippen molar-refractivity contribution in [1.82, 2.24) is 0 Å². The molecule has 0 fully saturated rings. The summed E-state index contributed by atoms with van der Waals surface area (Å²) >= 11 is 18.6. The molecule has 0 bridgehead atoms. The van der Waals surface area contributed by atoms with Crippen LogP contribution >= 0.6 is 46.1 Å². The van der Waals surface area contributed by atoms with E-state index in [9.17, 15) is 20.2 Å². The quantitative estimate of drug-likeness (QED) is 0.436. The number of halogens is 3. The molecule has 1 N–H and O–H groups in total. The first-order valence-corrected chi connectivity index (χ1v) is 7.61. The van der Waals surface area contributed by atoms with E-state index in [1.807, 2.05) is 0 Å². The Morgan fingerprint density at radius 1 is 1.04 bits per heavy atom. The molecule has 0 aliphatic rings. The summed E-state index contributed by atoms with van der Waals surface area (Å²) in [5.74, 6) is 0. The Hall–Kier alpha value is -1.94. The highest BCUT2D eigenvalue weighted by Gasteiger charge is 2.16. The Labute approximate surface area is 147 Å². The summed E-state index contributed by atoms with van der Waals surface area (Å²) in [6, 6.07) is 3.07. The van der Waals surface area contributed by atoms with Crippen LogP contribution in [-0.2, 0) is 0 Å². The van der Waals surface area contributed by atoms with E-state index in [2.05, 4.69) is 10.5 Å². The lowest BCUT2D eigenvalue weighted by Gasteiger charge is -2.00. The maximum absolute atomic E-state index is 10.8. The molecule has 1 heterocycles. The van der Waals surface area contributed by atoms with Crippen LogP contribution in [0, 0.1) is 20.2 Å². The van der Waals surface area contributed by atoms with Crippen molar-refractivity contribution < 1.29 is 9.85 Å². The molecule has 0 unspecified atom stereocenters. The molecule has 8 nitrogen and oxygen atoms in total. The third-order valence-corrected chi connectivity index (χ3v) is 5.00. The van der Waals surface area contributed by atoms with Gasteiger partial charge in [-0.25, -0.2) is 0 Å². The van der Waals surface area contributed by atoms with Gasteiger partial charge in [0.25, 0.3) is 11.4 Å². The smallest absolute Gasteiger partial charge is 0.278 e. The van der Waals surface area contributed by atoms with Gasteiger partial charge in [0.05, 0.1) is 42.7 Å². The second-order valence-corrected chi connectivity index (χ2v) is 6.40. The zero-order chi connectivity index (χ0) is 17.1. The first-order valence-electron chi connectivity index (χ1n) is 5.66. The lowest BCUT2D eigenvalue weighted by atomic mass is 10.2. The summed E-state index contributed by atoms with van der Waals surface area (Å²) in [6.45, 7) is 0. The molecule has 0 saturated heterocycles. The second kappa shape index (κ2) is 7.09. The standard InChI is InChI=1S/C11H5Cl3N4O4S/c12-9-8(23-11(14)10(9)13)4-15-16-5-1-6(17(19)20)3-7(2-5)18(21)22/h1-4,16H/b15-4-. The number of benzene rings is 1. The van der Waals surface area contributed by atoms with Crippen LogP contribution in [0.2, 0.25) is 14.4 Å². The van der Waals surface area contributed by atoms with E-state index < -0.39 is 21.2 Å². The van der Waals surface area contributed by atoms with Gasteiger partial charge in [-0.1, -0.05) is 34.8 Å². The lowest BCUT2D eigenvalue weighted by molar-refractivity contribution is -0.394. The highest BCUT2D eigenvalue weighted by molar-refractivity contribution is 7.19. The third kappa shape index (κ3) is 4.08. The largest absolute Gasteiger partial charge is 0.278 e. The van der Waals surface area contributed by atoms with Crippen molar-refractivity contribution in [2.45, 2.75) is 0 Å². The molecule has 1 aromatic carbocycles. The van der Waals surface area contributed by atoms with Crippen molar-refractivity contribution in [3.63, 3.8) is 0 Å². The Morgan fingerprint density at radius 3 is 2.04 bits per heavy atom. The van der Waals surface area contributed by atoms with Crippen LogP contribution in [0.15, 0.2) is 23.3 Å².